The molecule has 9 heteroatoms. The highest BCUT2D eigenvalue weighted by atomic mass is 32.1. The maximum Gasteiger partial charge on any atom is 0.278 e. The highest BCUT2D eigenvalue weighted by Crippen LogP contribution is 2.30. The van der Waals surface area contributed by atoms with E-state index in [4.69, 9.17) is 4.74 Å². The molecule has 3 heterocycles. The van der Waals surface area contributed by atoms with E-state index >= 15 is 0 Å². The van der Waals surface area contributed by atoms with E-state index in [1.807, 2.05) is 13.8 Å². The van der Waals surface area contributed by atoms with E-state index in [-0.39, 0.29) is 11.7 Å². The molecule has 1 fully saturated rings. The number of carbonyl (C=O) groups is 1. The minimum absolute atomic E-state index is 0.139. The summed E-state index contributed by atoms with van der Waals surface area (Å²) in [5.74, 6) is -0.446. The van der Waals surface area contributed by atoms with E-state index < -0.39 is 0 Å². The average Bonchev–Trinajstić information content (AvgIpc) is 3.31. The lowest BCUT2D eigenvalue weighted by molar-refractivity contribution is 0.0391. The van der Waals surface area contributed by atoms with Crippen LogP contribution in [0.5, 0.6) is 0 Å². The van der Waals surface area contributed by atoms with Gasteiger partial charge in [0.05, 0.1) is 29.1 Å². The van der Waals surface area contributed by atoms with Crippen LogP contribution in [0.2, 0.25) is 0 Å². The molecule has 0 saturated carbocycles. The van der Waals surface area contributed by atoms with Gasteiger partial charge in [0, 0.05) is 32.7 Å². The number of aryl methyl sites for hydroxylation is 2. The molecule has 7 nitrogen and oxygen atoms in total. The quantitative estimate of drug-likeness (QED) is 0.617. The molecule has 0 N–H and O–H groups in total. The molecule has 4 rings (SSSR count). The average molecular weight is 418 g/mol. The number of thiazole rings is 1. The third-order valence-electron chi connectivity index (χ3n) is 4.98. The second kappa shape index (κ2) is 8.56. The number of amides is 1. The first-order chi connectivity index (χ1) is 14.0. The van der Waals surface area contributed by atoms with Crippen LogP contribution in [0.1, 0.15) is 23.1 Å². The summed E-state index contributed by atoms with van der Waals surface area (Å²) in [6.07, 6.45) is 0. The fourth-order valence-corrected chi connectivity index (χ4v) is 4.46. The monoisotopic (exact) mass is 417 g/mol. The van der Waals surface area contributed by atoms with Crippen LogP contribution < -0.4 is 4.90 Å². The van der Waals surface area contributed by atoms with E-state index in [2.05, 4.69) is 15.0 Å². The van der Waals surface area contributed by atoms with Crippen LogP contribution in [0.3, 0.4) is 0 Å². The van der Waals surface area contributed by atoms with Crippen LogP contribution in [0.4, 0.5) is 9.52 Å². The highest BCUT2D eigenvalue weighted by Gasteiger charge is 2.25. The molecule has 1 amide bonds. The van der Waals surface area contributed by atoms with Gasteiger partial charge in [-0.1, -0.05) is 11.3 Å². The number of halogens is 1. The standard InChI is InChI=1S/C20H24FN5O2S/c1-3-26-17(12-14(2)23-26)19(27)25(7-6-24-8-10-28-11-9-24)20-22-16-5-4-15(21)13-18(16)29-20/h4-5,12-13H,3,6-11H2,1-2H3. The summed E-state index contributed by atoms with van der Waals surface area (Å²) in [5, 5.41) is 4.98. The van der Waals surface area contributed by atoms with Gasteiger partial charge >= 0.3 is 0 Å². The van der Waals surface area contributed by atoms with Gasteiger partial charge in [0.15, 0.2) is 5.13 Å². The Bertz CT molecular complexity index is 1010. The lowest BCUT2D eigenvalue weighted by Crippen LogP contribution is -2.43. The number of anilines is 1. The number of fused-ring (bicyclic) bond motifs is 1. The Kier molecular flexibility index (Phi) is 5.89. The second-order valence-corrected chi connectivity index (χ2v) is 8.02. The minimum Gasteiger partial charge on any atom is -0.379 e. The lowest BCUT2D eigenvalue weighted by atomic mass is 10.3. The van der Waals surface area contributed by atoms with Crippen LogP contribution in [0, 0.1) is 12.7 Å². The van der Waals surface area contributed by atoms with Crippen molar-refractivity contribution in [2.24, 2.45) is 0 Å². The molecule has 154 valence electrons. The van der Waals surface area contributed by atoms with E-state index in [0.717, 1.165) is 30.0 Å². The molecule has 0 radical (unpaired) electrons. The highest BCUT2D eigenvalue weighted by molar-refractivity contribution is 7.22. The number of ether oxygens (including phenoxy) is 1. The van der Waals surface area contributed by atoms with E-state index in [1.54, 1.807) is 21.7 Å². The van der Waals surface area contributed by atoms with Gasteiger partial charge < -0.3 is 4.74 Å². The van der Waals surface area contributed by atoms with Gasteiger partial charge in [0.1, 0.15) is 11.5 Å². The zero-order valence-electron chi connectivity index (χ0n) is 16.6. The zero-order chi connectivity index (χ0) is 20.4. The summed E-state index contributed by atoms with van der Waals surface area (Å²) in [7, 11) is 0. The van der Waals surface area contributed by atoms with E-state index in [0.29, 0.717) is 42.6 Å². The van der Waals surface area contributed by atoms with E-state index in [9.17, 15) is 9.18 Å². The topological polar surface area (TPSA) is 63.5 Å². The largest absolute Gasteiger partial charge is 0.379 e. The van der Waals surface area contributed by atoms with Crippen LogP contribution >= 0.6 is 11.3 Å². The second-order valence-electron chi connectivity index (χ2n) is 7.01. The predicted octanol–water partition coefficient (Wildman–Crippen LogP) is 2.94. The molecule has 1 aromatic carbocycles. The molecule has 0 atom stereocenters. The first-order valence-corrected chi connectivity index (χ1v) is 10.6. The third kappa shape index (κ3) is 4.31. The van der Waals surface area contributed by atoms with E-state index in [1.165, 1.54) is 23.5 Å². The van der Waals surface area contributed by atoms with Gasteiger partial charge in [0.25, 0.3) is 5.91 Å². The van der Waals surface area contributed by atoms with Crippen molar-refractivity contribution in [3.05, 3.63) is 41.5 Å². The third-order valence-corrected chi connectivity index (χ3v) is 6.02. The Hall–Kier alpha value is -2.36. The van der Waals surface area contributed by atoms with Crippen LogP contribution in [0.25, 0.3) is 10.2 Å². The maximum atomic E-state index is 13.6. The molecular formula is C20H24FN5O2S. The summed E-state index contributed by atoms with van der Waals surface area (Å²) in [5.41, 5.74) is 2.03. The number of hydrogen-bond donors (Lipinski definition) is 0. The van der Waals surface area contributed by atoms with Crippen molar-refractivity contribution >= 4 is 32.6 Å². The smallest absolute Gasteiger partial charge is 0.278 e. The predicted molar refractivity (Wildman–Crippen MR) is 111 cm³/mol. The van der Waals surface area contributed by atoms with Gasteiger partial charge in [-0.25, -0.2) is 9.37 Å². The molecule has 3 aromatic rings. The molecule has 29 heavy (non-hydrogen) atoms. The van der Waals surface area contributed by atoms with Crippen molar-refractivity contribution in [1.82, 2.24) is 19.7 Å². The van der Waals surface area contributed by atoms with Crippen LogP contribution in [-0.4, -0.2) is 65.0 Å². The van der Waals surface area contributed by atoms with Crippen molar-refractivity contribution in [3.8, 4) is 0 Å². The molecule has 0 unspecified atom stereocenters. The molecule has 2 aromatic heterocycles. The molecule has 1 saturated heterocycles. The summed E-state index contributed by atoms with van der Waals surface area (Å²) < 4.78 is 21.5. The lowest BCUT2D eigenvalue weighted by Gasteiger charge is -2.29. The normalized spacial score (nSPS) is 15.1. The molecule has 1 aliphatic heterocycles. The summed E-state index contributed by atoms with van der Waals surface area (Å²) in [6.45, 7) is 8.76. The fourth-order valence-electron chi connectivity index (χ4n) is 3.45. The summed E-state index contributed by atoms with van der Waals surface area (Å²) >= 11 is 1.33. The summed E-state index contributed by atoms with van der Waals surface area (Å²) in [4.78, 5) is 22.1. The number of nitrogens with zero attached hydrogens (tertiary/aromatic N) is 5. The Morgan fingerprint density at radius 2 is 2.10 bits per heavy atom. The van der Waals surface area contributed by atoms with Gasteiger partial charge in [-0.3, -0.25) is 19.3 Å². The number of rotatable bonds is 6. The Balaban J connectivity index is 1.66. The van der Waals surface area contributed by atoms with Gasteiger partial charge in [-0.2, -0.15) is 5.10 Å². The SMILES string of the molecule is CCn1nc(C)cc1C(=O)N(CCN1CCOCC1)c1nc2ccc(F)cc2s1. The van der Waals surface area contributed by atoms with Gasteiger partial charge in [0.2, 0.25) is 0 Å². The van der Waals surface area contributed by atoms with Crippen LogP contribution in [-0.2, 0) is 11.3 Å². The number of carbonyl (C=O) groups excluding carboxylic acids is 1. The van der Waals surface area contributed by atoms with Gasteiger partial charge in [-0.15, -0.1) is 0 Å². The molecule has 0 spiro atoms. The summed E-state index contributed by atoms with van der Waals surface area (Å²) in [6, 6.07) is 6.30. The number of benzene rings is 1. The van der Waals surface area contributed by atoms with Crippen molar-refractivity contribution in [2.75, 3.05) is 44.3 Å². The Morgan fingerprint density at radius 1 is 1.31 bits per heavy atom. The Morgan fingerprint density at radius 3 is 2.86 bits per heavy atom. The molecule has 1 aliphatic rings. The number of aromatic nitrogens is 3. The number of hydrogen-bond acceptors (Lipinski definition) is 6. The first-order valence-electron chi connectivity index (χ1n) is 9.77. The van der Waals surface area contributed by atoms with Crippen molar-refractivity contribution in [1.29, 1.82) is 0 Å². The van der Waals surface area contributed by atoms with Crippen LogP contribution in [0.15, 0.2) is 24.3 Å². The molecular weight excluding hydrogens is 393 g/mol. The van der Waals surface area contributed by atoms with Crippen molar-refractivity contribution in [3.63, 3.8) is 0 Å². The molecule has 0 aliphatic carbocycles. The zero-order valence-corrected chi connectivity index (χ0v) is 17.4. The Labute approximate surface area is 172 Å². The van der Waals surface area contributed by atoms with Crippen molar-refractivity contribution in [2.45, 2.75) is 20.4 Å². The fraction of sp³-hybridized carbons (Fsp3) is 0.450. The maximum absolute atomic E-state index is 13.6. The van der Waals surface area contributed by atoms with Crippen molar-refractivity contribution < 1.29 is 13.9 Å². The van der Waals surface area contributed by atoms with Gasteiger partial charge in [-0.05, 0) is 38.1 Å². The molecule has 0 bridgehead atoms. The first kappa shape index (κ1) is 19.9. The minimum atomic E-state index is -0.307. The number of morpholine rings is 1.